The van der Waals surface area contributed by atoms with Crippen LogP contribution in [0.4, 0.5) is 0 Å². The zero-order valence-electron chi connectivity index (χ0n) is 18.7. The molecule has 2 aromatic carbocycles. The van der Waals surface area contributed by atoms with Gasteiger partial charge in [0.1, 0.15) is 13.2 Å². The topological polar surface area (TPSA) is 77.7 Å². The SMILES string of the molecule is CC(C)N(Cc1nnc(-c2ccccc2Cl)o1)C(=O)c1ccc(-c2ccc3c(c2)OCCO3)s1. The molecule has 34 heavy (non-hydrogen) atoms. The normalized spacial score (nSPS) is 12.7. The highest BCUT2D eigenvalue weighted by Crippen LogP contribution is 2.37. The number of nitrogens with zero attached hydrogens (tertiary/aromatic N) is 3. The number of benzene rings is 2. The fourth-order valence-electron chi connectivity index (χ4n) is 3.64. The van der Waals surface area contributed by atoms with Gasteiger partial charge in [0.15, 0.2) is 11.5 Å². The summed E-state index contributed by atoms with van der Waals surface area (Å²) in [5.41, 5.74) is 1.64. The van der Waals surface area contributed by atoms with E-state index in [4.69, 9.17) is 25.5 Å². The summed E-state index contributed by atoms with van der Waals surface area (Å²) < 4.78 is 17.1. The van der Waals surface area contributed by atoms with Crippen LogP contribution in [0.2, 0.25) is 5.02 Å². The molecule has 1 amide bonds. The van der Waals surface area contributed by atoms with Gasteiger partial charge in [-0.1, -0.05) is 23.7 Å². The van der Waals surface area contributed by atoms with Crippen molar-refractivity contribution in [2.75, 3.05) is 13.2 Å². The van der Waals surface area contributed by atoms with E-state index in [1.54, 1.807) is 11.0 Å². The van der Waals surface area contributed by atoms with Crippen molar-refractivity contribution in [2.24, 2.45) is 0 Å². The Hall–Kier alpha value is -3.36. The summed E-state index contributed by atoms with van der Waals surface area (Å²) in [6.45, 7) is 5.19. The highest BCUT2D eigenvalue weighted by atomic mass is 35.5. The molecule has 174 valence electrons. The Morgan fingerprint density at radius 2 is 1.85 bits per heavy atom. The number of halogens is 1. The molecule has 0 atom stereocenters. The Balaban J connectivity index is 1.35. The number of thiophene rings is 1. The number of carbonyl (C=O) groups excluding carboxylic acids is 1. The Bertz CT molecular complexity index is 1330. The van der Waals surface area contributed by atoms with Gasteiger partial charge in [-0.2, -0.15) is 0 Å². The minimum Gasteiger partial charge on any atom is -0.486 e. The quantitative estimate of drug-likeness (QED) is 0.329. The van der Waals surface area contributed by atoms with Crippen LogP contribution < -0.4 is 9.47 Å². The number of amides is 1. The van der Waals surface area contributed by atoms with E-state index >= 15 is 0 Å². The molecule has 7 nitrogen and oxygen atoms in total. The van der Waals surface area contributed by atoms with Crippen molar-refractivity contribution in [3.05, 3.63) is 70.4 Å². The largest absolute Gasteiger partial charge is 0.486 e. The van der Waals surface area contributed by atoms with Gasteiger partial charge in [-0.05, 0) is 61.9 Å². The monoisotopic (exact) mass is 495 g/mol. The van der Waals surface area contributed by atoms with Gasteiger partial charge in [-0.3, -0.25) is 4.79 Å². The number of hydrogen-bond donors (Lipinski definition) is 0. The summed E-state index contributed by atoms with van der Waals surface area (Å²) in [5, 5.41) is 8.77. The molecule has 0 unspecified atom stereocenters. The minimum absolute atomic E-state index is 0.0667. The van der Waals surface area contributed by atoms with Gasteiger partial charge >= 0.3 is 0 Å². The lowest BCUT2D eigenvalue weighted by Crippen LogP contribution is -2.36. The molecule has 0 aliphatic carbocycles. The third kappa shape index (κ3) is 4.51. The zero-order valence-corrected chi connectivity index (χ0v) is 20.2. The van der Waals surface area contributed by atoms with E-state index in [1.165, 1.54) is 11.3 Å². The third-order valence-corrected chi connectivity index (χ3v) is 6.86. The number of fused-ring (bicyclic) bond motifs is 1. The van der Waals surface area contributed by atoms with Crippen molar-refractivity contribution in [3.8, 4) is 33.4 Å². The molecule has 0 bridgehead atoms. The summed E-state index contributed by atoms with van der Waals surface area (Å²) in [6, 6.07) is 16.8. The highest BCUT2D eigenvalue weighted by molar-refractivity contribution is 7.17. The average Bonchev–Trinajstić information content (AvgIpc) is 3.52. The standard InChI is InChI=1S/C25H22ClN3O4S/c1-15(2)29(14-23-27-28-24(33-23)17-5-3-4-6-18(17)26)25(30)22-10-9-21(34-22)16-7-8-19-20(13-16)32-12-11-31-19/h3-10,13,15H,11-12,14H2,1-2H3. The Morgan fingerprint density at radius 3 is 2.65 bits per heavy atom. The maximum Gasteiger partial charge on any atom is 0.264 e. The molecule has 1 aliphatic heterocycles. The first-order valence-corrected chi connectivity index (χ1v) is 12.1. The van der Waals surface area contributed by atoms with Gasteiger partial charge in [-0.25, -0.2) is 0 Å². The van der Waals surface area contributed by atoms with Crippen molar-refractivity contribution in [3.63, 3.8) is 0 Å². The lowest BCUT2D eigenvalue weighted by molar-refractivity contribution is 0.0677. The number of hydrogen-bond acceptors (Lipinski definition) is 7. The van der Waals surface area contributed by atoms with Gasteiger partial charge in [0.05, 0.1) is 22.0 Å². The number of aromatic nitrogens is 2. The Morgan fingerprint density at radius 1 is 1.06 bits per heavy atom. The zero-order chi connectivity index (χ0) is 23.7. The molecule has 4 aromatic rings. The minimum atomic E-state index is -0.0960. The molecule has 1 aliphatic rings. The maximum atomic E-state index is 13.4. The van der Waals surface area contributed by atoms with Crippen molar-refractivity contribution < 1.29 is 18.7 Å². The van der Waals surface area contributed by atoms with Crippen LogP contribution >= 0.6 is 22.9 Å². The van der Waals surface area contributed by atoms with Crippen LogP contribution in [0.3, 0.4) is 0 Å². The molecule has 0 saturated carbocycles. The van der Waals surface area contributed by atoms with E-state index < -0.39 is 0 Å². The predicted octanol–water partition coefficient (Wildman–Crippen LogP) is 5.94. The van der Waals surface area contributed by atoms with E-state index in [2.05, 4.69) is 10.2 Å². The first-order chi connectivity index (χ1) is 16.5. The average molecular weight is 496 g/mol. The van der Waals surface area contributed by atoms with Crippen LogP contribution in [0, 0.1) is 0 Å². The summed E-state index contributed by atoms with van der Waals surface area (Å²) in [6.07, 6.45) is 0. The van der Waals surface area contributed by atoms with Crippen LogP contribution in [-0.2, 0) is 6.54 Å². The van der Waals surface area contributed by atoms with Gasteiger partial charge < -0.3 is 18.8 Å². The molecule has 0 spiro atoms. The Labute approximate surface area is 205 Å². The van der Waals surface area contributed by atoms with Crippen LogP contribution in [0.15, 0.2) is 59.0 Å². The first kappa shape index (κ1) is 22.4. The molecule has 0 saturated heterocycles. The second kappa shape index (κ2) is 9.48. The molecule has 2 aromatic heterocycles. The maximum absolute atomic E-state index is 13.4. The predicted molar refractivity (Wildman–Crippen MR) is 130 cm³/mol. The van der Waals surface area contributed by atoms with E-state index in [0.717, 1.165) is 21.9 Å². The molecule has 5 rings (SSSR count). The second-order valence-corrected chi connectivity index (χ2v) is 9.52. The van der Waals surface area contributed by atoms with Crippen molar-refractivity contribution in [1.29, 1.82) is 0 Å². The van der Waals surface area contributed by atoms with E-state index in [0.29, 0.717) is 40.5 Å². The van der Waals surface area contributed by atoms with Crippen molar-refractivity contribution in [2.45, 2.75) is 26.4 Å². The molecular formula is C25H22ClN3O4S. The summed E-state index contributed by atoms with van der Waals surface area (Å²) >= 11 is 7.67. The summed E-state index contributed by atoms with van der Waals surface area (Å²) in [7, 11) is 0. The fraction of sp³-hybridized carbons (Fsp3) is 0.240. The number of carbonyl (C=O) groups is 1. The molecule has 0 radical (unpaired) electrons. The first-order valence-electron chi connectivity index (χ1n) is 10.9. The number of ether oxygens (including phenoxy) is 2. The fourth-order valence-corrected chi connectivity index (χ4v) is 4.82. The van der Waals surface area contributed by atoms with Gasteiger partial charge in [0.25, 0.3) is 5.91 Å². The molecule has 3 heterocycles. The Kier molecular flexibility index (Phi) is 6.26. The second-order valence-electron chi connectivity index (χ2n) is 8.03. The molecule has 0 fully saturated rings. The van der Waals surface area contributed by atoms with Gasteiger partial charge in [-0.15, -0.1) is 21.5 Å². The smallest absolute Gasteiger partial charge is 0.264 e. The van der Waals surface area contributed by atoms with Crippen molar-refractivity contribution in [1.82, 2.24) is 15.1 Å². The highest BCUT2D eigenvalue weighted by Gasteiger charge is 2.24. The molecule has 0 N–H and O–H groups in total. The van der Waals surface area contributed by atoms with Crippen LogP contribution in [0.5, 0.6) is 11.5 Å². The van der Waals surface area contributed by atoms with Crippen molar-refractivity contribution >= 4 is 28.8 Å². The van der Waals surface area contributed by atoms with Crippen LogP contribution in [0.1, 0.15) is 29.4 Å². The van der Waals surface area contributed by atoms with Crippen LogP contribution in [-0.4, -0.2) is 40.3 Å². The van der Waals surface area contributed by atoms with Crippen LogP contribution in [0.25, 0.3) is 21.9 Å². The van der Waals surface area contributed by atoms with E-state index in [9.17, 15) is 4.79 Å². The van der Waals surface area contributed by atoms with Gasteiger partial charge in [0.2, 0.25) is 11.8 Å². The summed E-state index contributed by atoms with van der Waals surface area (Å²) in [5.74, 6) is 2.04. The van der Waals surface area contributed by atoms with Gasteiger partial charge in [0, 0.05) is 10.9 Å². The molecular weight excluding hydrogens is 474 g/mol. The summed E-state index contributed by atoms with van der Waals surface area (Å²) in [4.78, 5) is 16.7. The van der Waals surface area contributed by atoms with E-state index in [-0.39, 0.29) is 18.5 Å². The molecule has 9 heteroatoms. The lowest BCUT2D eigenvalue weighted by atomic mass is 10.1. The van der Waals surface area contributed by atoms with E-state index in [1.807, 2.05) is 62.4 Å². The number of rotatable bonds is 6. The lowest BCUT2D eigenvalue weighted by Gasteiger charge is -2.24. The third-order valence-electron chi connectivity index (χ3n) is 5.40.